The van der Waals surface area contributed by atoms with Crippen molar-refractivity contribution in [3.63, 3.8) is 0 Å². The molecule has 1 aromatic carbocycles. The van der Waals surface area contributed by atoms with Crippen LogP contribution in [0.1, 0.15) is 24.0 Å². The number of benzene rings is 1. The van der Waals surface area contributed by atoms with Crippen molar-refractivity contribution >= 4 is 11.6 Å². The first-order chi connectivity index (χ1) is 7.22. The van der Waals surface area contributed by atoms with Crippen LogP contribution in [-0.2, 0) is 17.1 Å². The number of hydrogen-bond acceptors (Lipinski definition) is 2. The second kappa shape index (κ2) is 3.21. The minimum atomic E-state index is -0.153. The van der Waals surface area contributed by atoms with Gasteiger partial charge in [0.15, 0.2) is 0 Å². The van der Waals surface area contributed by atoms with Crippen LogP contribution in [0.2, 0.25) is 5.02 Å². The van der Waals surface area contributed by atoms with Crippen LogP contribution >= 0.6 is 11.6 Å². The Morgan fingerprint density at radius 2 is 2.33 bits per heavy atom. The van der Waals surface area contributed by atoms with E-state index in [1.54, 1.807) is 0 Å². The molecular formula is C12H14ClNO. The van der Waals surface area contributed by atoms with E-state index in [0.29, 0.717) is 6.61 Å². The Bertz CT molecular complexity index is 407. The second-order valence-electron chi connectivity index (χ2n) is 4.40. The molecule has 0 saturated carbocycles. The average molecular weight is 224 g/mol. The largest absolute Gasteiger partial charge is 0.351 e. The number of rotatable bonds is 0. The van der Waals surface area contributed by atoms with Crippen LogP contribution in [0.25, 0.3) is 0 Å². The summed E-state index contributed by atoms with van der Waals surface area (Å²) >= 11 is 5.99. The number of ether oxygens (including phenoxy) is 1. The van der Waals surface area contributed by atoms with Gasteiger partial charge in [0.25, 0.3) is 0 Å². The molecule has 15 heavy (non-hydrogen) atoms. The summed E-state index contributed by atoms with van der Waals surface area (Å²) in [5, 5.41) is 0.801. The minimum Gasteiger partial charge on any atom is -0.351 e. The summed E-state index contributed by atoms with van der Waals surface area (Å²) in [4.78, 5) is 2.31. The highest BCUT2D eigenvalue weighted by Crippen LogP contribution is 2.45. The third kappa shape index (κ3) is 1.25. The molecule has 0 aromatic heterocycles. The lowest BCUT2D eigenvalue weighted by Gasteiger charge is -2.31. The summed E-state index contributed by atoms with van der Waals surface area (Å²) < 4.78 is 6.01. The molecule has 0 aliphatic carbocycles. The number of halogens is 1. The third-order valence-corrected chi connectivity index (χ3v) is 3.82. The Morgan fingerprint density at radius 1 is 1.47 bits per heavy atom. The van der Waals surface area contributed by atoms with Gasteiger partial charge in [0.05, 0.1) is 6.61 Å². The van der Waals surface area contributed by atoms with Crippen LogP contribution in [0.4, 0.5) is 0 Å². The molecule has 3 heteroatoms. The second-order valence-corrected chi connectivity index (χ2v) is 4.84. The quantitative estimate of drug-likeness (QED) is 0.671. The standard InChI is InChI=1S/C12H14ClNO/c1-14-6-2-5-12(14)11-4-3-10(13)7-9(11)8-15-12/h3-4,7H,2,5-6,8H2,1H3. The van der Waals surface area contributed by atoms with Gasteiger partial charge < -0.3 is 4.74 Å². The first-order valence-electron chi connectivity index (χ1n) is 5.36. The summed E-state index contributed by atoms with van der Waals surface area (Å²) in [6, 6.07) is 6.10. The molecule has 1 spiro atoms. The van der Waals surface area contributed by atoms with Crippen LogP contribution in [0.3, 0.4) is 0 Å². The lowest BCUT2D eigenvalue weighted by Crippen LogP contribution is -2.37. The van der Waals surface area contributed by atoms with E-state index in [1.165, 1.54) is 17.5 Å². The molecule has 1 aromatic rings. The lowest BCUT2D eigenvalue weighted by molar-refractivity contribution is -0.122. The van der Waals surface area contributed by atoms with Crippen molar-refractivity contribution < 1.29 is 4.74 Å². The van der Waals surface area contributed by atoms with Gasteiger partial charge in [-0.1, -0.05) is 17.7 Å². The fraction of sp³-hybridized carbons (Fsp3) is 0.500. The molecule has 80 valence electrons. The van der Waals surface area contributed by atoms with Crippen molar-refractivity contribution in [3.05, 3.63) is 34.3 Å². The lowest BCUT2D eigenvalue weighted by atomic mass is 9.98. The molecule has 2 heterocycles. The van der Waals surface area contributed by atoms with Gasteiger partial charge >= 0.3 is 0 Å². The molecular weight excluding hydrogens is 210 g/mol. The van der Waals surface area contributed by atoms with Crippen molar-refractivity contribution in [2.75, 3.05) is 13.6 Å². The maximum absolute atomic E-state index is 6.01. The molecule has 1 saturated heterocycles. The normalized spacial score (nSPS) is 30.0. The maximum atomic E-state index is 6.01. The van der Waals surface area contributed by atoms with Crippen LogP contribution in [0.5, 0.6) is 0 Å². The Hall–Kier alpha value is -0.570. The summed E-state index contributed by atoms with van der Waals surface area (Å²) in [5.41, 5.74) is 2.41. The van der Waals surface area contributed by atoms with Crippen LogP contribution in [0, 0.1) is 0 Å². The van der Waals surface area contributed by atoms with E-state index in [2.05, 4.69) is 18.0 Å². The highest BCUT2D eigenvalue weighted by Gasteiger charge is 2.46. The van der Waals surface area contributed by atoms with E-state index in [4.69, 9.17) is 16.3 Å². The monoisotopic (exact) mass is 223 g/mol. The van der Waals surface area contributed by atoms with Gasteiger partial charge in [-0.2, -0.15) is 0 Å². The first-order valence-corrected chi connectivity index (χ1v) is 5.74. The van der Waals surface area contributed by atoms with E-state index in [-0.39, 0.29) is 5.72 Å². The Kier molecular flexibility index (Phi) is 2.06. The number of likely N-dealkylation sites (tertiary alicyclic amines) is 1. The van der Waals surface area contributed by atoms with Gasteiger partial charge in [-0.3, -0.25) is 4.90 Å². The van der Waals surface area contributed by atoms with Crippen molar-refractivity contribution in [1.82, 2.24) is 4.90 Å². The molecule has 0 bridgehead atoms. The predicted molar refractivity (Wildman–Crippen MR) is 59.8 cm³/mol. The fourth-order valence-corrected chi connectivity index (χ4v) is 2.98. The highest BCUT2D eigenvalue weighted by atomic mass is 35.5. The minimum absolute atomic E-state index is 0.153. The molecule has 0 N–H and O–H groups in total. The molecule has 3 rings (SSSR count). The van der Waals surface area contributed by atoms with Crippen molar-refractivity contribution in [1.29, 1.82) is 0 Å². The van der Waals surface area contributed by atoms with E-state index in [1.807, 2.05) is 12.1 Å². The van der Waals surface area contributed by atoms with Crippen molar-refractivity contribution in [2.24, 2.45) is 0 Å². The van der Waals surface area contributed by atoms with Gasteiger partial charge in [0.2, 0.25) is 0 Å². The zero-order chi connectivity index (χ0) is 10.5. The molecule has 2 aliphatic rings. The Balaban J connectivity index is 2.11. The van der Waals surface area contributed by atoms with Crippen LogP contribution in [-0.4, -0.2) is 18.5 Å². The van der Waals surface area contributed by atoms with Crippen molar-refractivity contribution in [2.45, 2.75) is 25.2 Å². The van der Waals surface area contributed by atoms with Gasteiger partial charge in [0, 0.05) is 17.1 Å². The van der Waals surface area contributed by atoms with E-state index in [0.717, 1.165) is 18.0 Å². The third-order valence-electron chi connectivity index (χ3n) is 3.58. The average Bonchev–Trinajstić information content (AvgIpc) is 2.75. The van der Waals surface area contributed by atoms with Gasteiger partial charge in [0.1, 0.15) is 5.72 Å². The summed E-state index contributed by atoms with van der Waals surface area (Å²) in [7, 11) is 2.14. The van der Waals surface area contributed by atoms with Gasteiger partial charge in [-0.25, -0.2) is 0 Å². The highest BCUT2D eigenvalue weighted by molar-refractivity contribution is 6.30. The molecule has 0 radical (unpaired) electrons. The van der Waals surface area contributed by atoms with E-state index in [9.17, 15) is 0 Å². The van der Waals surface area contributed by atoms with Gasteiger partial charge in [-0.15, -0.1) is 0 Å². The Labute approximate surface area is 94.8 Å². The topological polar surface area (TPSA) is 12.5 Å². The zero-order valence-corrected chi connectivity index (χ0v) is 9.55. The molecule has 1 fully saturated rings. The number of nitrogens with zero attached hydrogens (tertiary/aromatic N) is 1. The summed E-state index contributed by atoms with van der Waals surface area (Å²) in [6.45, 7) is 1.81. The molecule has 2 aliphatic heterocycles. The molecule has 1 unspecified atom stereocenters. The van der Waals surface area contributed by atoms with Crippen LogP contribution < -0.4 is 0 Å². The van der Waals surface area contributed by atoms with E-state index < -0.39 is 0 Å². The molecule has 2 nitrogen and oxygen atoms in total. The Morgan fingerprint density at radius 3 is 3.07 bits per heavy atom. The summed E-state index contributed by atoms with van der Waals surface area (Å²) in [5.74, 6) is 0. The first kappa shape index (κ1) is 9.64. The van der Waals surface area contributed by atoms with Crippen molar-refractivity contribution in [3.8, 4) is 0 Å². The number of hydrogen-bond donors (Lipinski definition) is 0. The van der Waals surface area contributed by atoms with Crippen LogP contribution in [0.15, 0.2) is 18.2 Å². The smallest absolute Gasteiger partial charge is 0.148 e. The zero-order valence-electron chi connectivity index (χ0n) is 8.79. The van der Waals surface area contributed by atoms with E-state index >= 15 is 0 Å². The predicted octanol–water partition coefficient (Wildman–Crippen LogP) is 2.75. The molecule has 0 amide bonds. The number of fused-ring (bicyclic) bond motifs is 2. The SMILES string of the molecule is CN1CCCC12OCc1cc(Cl)ccc12. The maximum Gasteiger partial charge on any atom is 0.148 e. The summed E-state index contributed by atoms with van der Waals surface area (Å²) in [6.07, 6.45) is 2.30. The van der Waals surface area contributed by atoms with Gasteiger partial charge in [-0.05, 0) is 37.6 Å². The molecule has 1 atom stereocenters. The fourth-order valence-electron chi connectivity index (χ4n) is 2.79.